The van der Waals surface area contributed by atoms with E-state index in [1.807, 2.05) is 31.2 Å². The van der Waals surface area contributed by atoms with Gasteiger partial charge in [0.25, 0.3) is 0 Å². The number of carbonyl (C=O) groups is 2. The van der Waals surface area contributed by atoms with Crippen LogP contribution in [0.25, 0.3) is 10.2 Å². The molecule has 2 atom stereocenters. The number of ether oxygens (including phenoxy) is 1. The Kier molecular flexibility index (Phi) is 6.37. The molecule has 1 saturated carbocycles. The summed E-state index contributed by atoms with van der Waals surface area (Å²) in [7, 11) is 3.90. The Hall–Kier alpha value is -2.72. The summed E-state index contributed by atoms with van der Waals surface area (Å²) >= 11 is 1.54. The van der Waals surface area contributed by atoms with E-state index in [1.165, 1.54) is 11.3 Å². The molecule has 1 unspecified atom stereocenters. The number of aromatic amines is 1. The second-order valence-corrected chi connectivity index (χ2v) is 9.64. The van der Waals surface area contributed by atoms with E-state index >= 15 is 0 Å². The molecular weight excluding hydrogens is 430 g/mol. The molecule has 2 heterocycles. The van der Waals surface area contributed by atoms with Gasteiger partial charge in [-0.25, -0.2) is 9.78 Å². The average Bonchev–Trinajstić information content (AvgIpc) is 3.47. The number of fused-ring (bicyclic) bond motifs is 1. The smallest absolute Gasteiger partial charge is 0.407 e. The van der Waals surface area contributed by atoms with Crippen molar-refractivity contribution in [3.8, 4) is 0 Å². The van der Waals surface area contributed by atoms with Gasteiger partial charge in [-0.3, -0.25) is 9.89 Å². The van der Waals surface area contributed by atoms with E-state index in [-0.39, 0.29) is 29.4 Å². The van der Waals surface area contributed by atoms with Gasteiger partial charge >= 0.3 is 6.09 Å². The van der Waals surface area contributed by atoms with Crippen molar-refractivity contribution in [2.45, 2.75) is 37.6 Å². The van der Waals surface area contributed by atoms with Crippen LogP contribution in [0.4, 0.5) is 10.6 Å². The first kappa shape index (κ1) is 21.5. The van der Waals surface area contributed by atoms with Crippen LogP contribution < -0.4 is 10.6 Å². The van der Waals surface area contributed by atoms with E-state index in [4.69, 9.17) is 4.74 Å². The fraction of sp³-hybridized carbons (Fsp3) is 0.429. The fourth-order valence-corrected chi connectivity index (χ4v) is 5.36. The van der Waals surface area contributed by atoms with Crippen molar-refractivity contribution in [1.82, 2.24) is 20.5 Å². The molecule has 1 aromatic carbocycles. The molecule has 8 nitrogen and oxygen atoms in total. The van der Waals surface area contributed by atoms with Gasteiger partial charge in [0, 0.05) is 28.5 Å². The average molecular weight is 455 g/mol. The van der Waals surface area contributed by atoms with Crippen LogP contribution in [0.2, 0.25) is 0 Å². The van der Waals surface area contributed by atoms with Crippen LogP contribution in [0.1, 0.15) is 37.4 Å². The zero-order valence-corrected chi connectivity index (χ0v) is 19.1. The Balaban J connectivity index is 1.34. The lowest BCUT2D eigenvalue weighted by Gasteiger charge is -2.22. The lowest BCUT2D eigenvalue weighted by molar-refractivity contribution is -0.115. The number of anilines is 1. The molecular formula is C21H24N5O3SSi. The Morgan fingerprint density at radius 1 is 1.42 bits per heavy atom. The number of aromatic nitrogens is 3. The number of nitrogens with one attached hydrogen (secondary N) is 3. The molecule has 31 heavy (non-hydrogen) atoms. The summed E-state index contributed by atoms with van der Waals surface area (Å²) in [5.41, 5.74) is 4.56. The molecule has 0 saturated heterocycles. The first-order valence-electron chi connectivity index (χ1n) is 10.3. The third-order valence-corrected chi connectivity index (χ3v) is 7.18. The van der Waals surface area contributed by atoms with Gasteiger partial charge in [-0.1, -0.05) is 12.1 Å². The lowest BCUT2D eigenvalue weighted by Crippen LogP contribution is -2.27. The van der Waals surface area contributed by atoms with Gasteiger partial charge in [0.15, 0.2) is 5.82 Å². The summed E-state index contributed by atoms with van der Waals surface area (Å²) in [6, 6.07) is 7.67. The Morgan fingerprint density at radius 3 is 3.13 bits per heavy atom. The highest BCUT2D eigenvalue weighted by molar-refractivity contribution is 7.17. The van der Waals surface area contributed by atoms with Crippen LogP contribution in [-0.4, -0.2) is 50.6 Å². The second kappa shape index (κ2) is 9.19. The number of H-pyrrole nitrogens is 1. The maximum atomic E-state index is 12.6. The number of alkyl carbamates (subject to hydrolysis) is 1. The molecule has 0 bridgehead atoms. The first-order chi connectivity index (χ1) is 15.0. The molecule has 3 radical (unpaired) electrons. The van der Waals surface area contributed by atoms with E-state index in [2.05, 4.69) is 36.1 Å². The third-order valence-electron chi connectivity index (χ3n) is 5.54. The van der Waals surface area contributed by atoms with Gasteiger partial charge in [0.2, 0.25) is 5.91 Å². The number of amides is 2. The molecule has 0 spiro atoms. The van der Waals surface area contributed by atoms with E-state index in [1.54, 1.807) is 5.51 Å². The van der Waals surface area contributed by atoms with Crippen LogP contribution >= 0.6 is 11.3 Å². The van der Waals surface area contributed by atoms with E-state index in [9.17, 15) is 9.59 Å². The Morgan fingerprint density at radius 2 is 2.29 bits per heavy atom. The van der Waals surface area contributed by atoms with Crippen LogP contribution in [0.3, 0.4) is 0 Å². The van der Waals surface area contributed by atoms with Crippen molar-refractivity contribution in [3.63, 3.8) is 0 Å². The highest BCUT2D eigenvalue weighted by atomic mass is 32.1. The highest BCUT2D eigenvalue weighted by Crippen LogP contribution is 2.41. The molecule has 4 rings (SSSR count). The summed E-state index contributed by atoms with van der Waals surface area (Å²) in [5, 5.41) is 12.6. The van der Waals surface area contributed by atoms with Crippen LogP contribution in [-0.2, 0) is 21.0 Å². The molecule has 3 aromatic rings. The van der Waals surface area contributed by atoms with E-state index in [0.29, 0.717) is 19.0 Å². The van der Waals surface area contributed by atoms with Crippen molar-refractivity contribution >= 4 is 49.6 Å². The van der Waals surface area contributed by atoms with Crippen LogP contribution in [0.15, 0.2) is 29.8 Å². The van der Waals surface area contributed by atoms with Crippen LogP contribution in [0.5, 0.6) is 0 Å². The maximum Gasteiger partial charge on any atom is 0.407 e. The minimum atomic E-state index is -0.380. The monoisotopic (exact) mass is 454 g/mol. The lowest BCUT2D eigenvalue weighted by atomic mass is 10.0. The van der Waals surface area contributed by atoms with Crippen molar-refractivity contribution in [2.75, 3.05) is 18.5 Å². The number of carbonyl (C=O) groups excluding carboxylic acids is 2. The van der Waals surface area contributed by atoms with Crippen LogP contribution in [0, 0.1) is 5.92 Å². The van der Waals surface area contributed by atoms with Gasteiger partial charge in [-0.15, -0.1) is 11.3 Å². The zero-order valence-electron chi connectivity index (χ0n) is 17.2. The standard InChI is InChI=1S/C21H24N5O3SSi/c1-2-22-20(28)29-11-13-6-7-21(31,10-13)16-9-17(26-25-16)24-18(27)8-14-4-3-5-15-19(14)30-12-23-15/h3-5,9,12-13H,2,6-8,10-11H2,1H3,(H,22,28)(H2,24,25,26,27)/t13?,21-/m1/s1. The quantitative estimate of drug-likeness (QED) is 0.475. The van der Waals surface area contributed by atoms with Crippen molar-refractivity contribution < 1.29 is 14.3 Å². The largest absolute Gasteiger partial charge is 0.449 e. The number of hydrogen-bond acceptors (Lipinski definition) is 6. The van der Waals surface area contributed by atoms with Gasteiger partial charge in [0.1, 0.15) is 0 Å². The maximum absolute atomic E-state index is 12.6. The minimum Gasteiger partial charge on any atom is -0.449 e. The zero-order chi connectivity index (χ0) is 21.8. The molecule has 1 aliphatic carbocycles. The highest BCUT2D eigenvalue weighted by Gasteiger charge is 2.38. The number of benzene rings is 1. The molecule has 1 aliphatic rings. The molecule has 2 amide bonds. The molecule has 10 heteroatoms. The normalized spacial score (nSPS) is 20.6. The number of hydrogen-bond donors (Lipinski definition) is 3. The van der Waals surface area contributed by atoms with Crippen molar-refractivity contribution in [1.29, 1.82) is 0 Å². The van der Waals surface area contributed by atoms with Gasteiger partial charge in [-0.2, -0.15) is 5.10 Å². The summed E-state index contributed by atoms with van der Waals surface area (Å²) in [6.45, 7) is 2.79. The molecule has 161 valence electrons. The van der Waals surface area contributed by atoms with Crippen molar-refractivity contribution in [2.24, 2.45) is 5.92 Å². The molecule has 1 fully saturated rings. The van der Waals surface area contributed by atoms with Gasteiger partial charge < -0.3 is 15.4 Å². The Labute approximate surface area is 187 Å². The van der Waals surface area contributed by atoms with Gasteiger partial charge in [-0.05, 0) is 48.8 Å². The summed E-state index contributed by atoms with van der Waals surface area (Å²) < 4.78 is 6.31. The topological polar surface area (TPSA) is 109 Å². The number of nitrogens with zero attached hydrogens (tertiary/aromatic N) is 2. The predicted octanol–water partition coefficient (Wildman–Crippen LogP) is 3.11. The van der Waals surface area contributed by atoms with E-state index in [0.717, 1.165) is 40.7 Å². The van der Waals surface area contributed by atoms with E-state index < -0.39 is 0 Å². The predicted molar refractivity (Wildman–Crippen MR) is 120 cm³/mol. The van der Waals surface area contributed by atoms with Gasteiger partial charge in [0.05, 0.1) is 28.8 Å². The summed E-state index contributed by atoms with van der Waals surface area (Å²) in [5.74, 6) is 0.638. The SMILES string of the molecule is CCNC(=O)OCC1CC[C@]([Si])(c2cc(NC(=O)Cc3cccc4ncsc34)n[nH]2)C1. The number of thiazole rings is 1. The summed E-state index contributed by atoms with van der Waals surface area (Å²) in [6.07, 6.45) is 2.51. The fourth-order valence-electron chi connectivity index (χ4n) is 4.00. The van der Waals surface area contributed by atoms with Crippen molar-refractivity contribution in [3.05, 3.63) is 41.0 Å². The second-order valence-electron chi connectivity index (χ2n) is 7.83. The minimum absolute atomic E-state index is 0.124. The molecule has 0 aliphatic heterocycles. The number of rotatable bonds is 7. The summed E-state index contributed by atoms with van der Waals surface area (Å²) in [4.78, 5) is 28.4. The third kappa shape index (κ3) is 4.96. The molecule has 2 aromatic heterocycles. The Bertz CT molecular complexity index is 1080. The first-order valence-corrected chi connectivity index (χ1v) is 11.7. The molecule has 3 N–H and O–H groups in total.